The van der Waals surface area contributed by atoms with Crippen LogP contribution in [-0.2, 0) is 16.4 Å². The second-order valence-electron chi connectivity index (χ2n) is 7.51. The summed E-state index contributed by atoms with van der Waals surface area (Å²) in [6, 6.07) is 14.0. The normalized spacial score (nSPS) is 14.1. The maximum absolute atomic E-state index is 13.4. The summed E-state index contributed by atoms with van der Waals surface area (Å²) >= 11 is 0. The molecule has 0 amide bonds. The van der Waals surface area contributed by atoms with Crippen LogP contribution in [-0.4, -0.2) is 35.0 Å². The molecule has 0 aliphatic heterocycles. The van der Waals surface area contributed by atoms with Crippen molar-refractivity contribution in [1.29, 1.82) is 0 Å². The molecule has 2 aromatic carbocycles. The van der Waals surface area contributed by atoms with Crippen molar-refractivity contribution >= 4 is 15.7 Å². The molecule has 8 heteroatoms. The molecule has 1 N–H and O–H groups in total. The van der Waals surface area contributed by atoms with Crippen LogP contribution in [0.2, 0.25) is 0 Å². The SMILES string of the molecule is CCC(O)(Cc1ccccc1)N(CCC(C)C)S(=O)(=O)c1ccc([N+](=O)[O-])cc1. The first-order chi connectivity index (χ1) is 13.6. The Morgan fingerprint density at radius 2 is 1.69 bits per heavy atom. The van der Waals surface area contributed by atoms with Gasteiger partial charge in [0.05, 0.1) is 9.82 Å². The third kappa shape index (κ3) is 5.62. The van der Waals surface area contributed by atoms with Gasteiger partial charge in [-0.05, 0) is 36.5 Å². The van der Waals surface area contributed by atoms with Crippen LogP contribution in [0.4, 0.5) is 5.69 Å². The summed E-state index contributed by atoms with van der Waals surface area (Å²) in [4.78, 5) is 10.2. The summed E-state index contributed by atoms with van der Waals surface area (Å²) in [6.07, 6.45) is 0.921. The minimum absolute atomic E-state index is 0.0770. The van der Waals surface area contributed by atoms with Gasteiger partial charge in [0.1, 0.15) is 5.72 Å². The Hall–Kier alpha value is -2.29. The third-order valence-electron chi connectivity index (χ3n) is 4.91. The smallest absolute Gasteiger partial charge is 0.269 e. The van der Waals surface area contributed by atoms with Crippen LogP contribution in [0.5, 0.6) is 0 Å². The predicted octanol–water partition coefficient (Wildman–Crippen LogP) is 3.97. The highest BCUT2D eigenvalue weighted by atomic mass is 32.2. The van der Waals surface area contributed by atoms with E-state index in [0.717, 1.165) is 22.0 Å². The molecular formula is C21H28N2O5S. The van der Waals surface area contributed by atoms with Crippen LogP contribution >= 0.6 is 0 Å². The zero-order chi connectivity index (χ0) is 21.7. The molecule has 158 valence electrons. The van der Waals surface area contributed by atoms with Crippen LogP contribution < -0.4 is 0 Å². The molecule has 0 heterocycles. The molecule has 1 atom stereocenters. The molecule has 2 rings (SSSR count). The van der Waals surface area contributed by atoms with E-state index in [1.54, 1.807) is 6.92 Å². The van der Waals surface area contributed by atoms with E-state index in [1.165, 1.54) is 12.1 Å². The third-order valence-corrected chi connectivity index (χ3v) is 6.88. The van der Waals surface area contributed by atoms with Crippen molar-refractivity contribution in [2.24, 2.45) is 5.92 Å². The number of nitro groups is 1. The van der Waals surface area contributed by atoms with Gasteiger partial charge in [-0.15, -0.1) is 0 Å². The number of hydrogen-bond donors (Lipinski definition) is 1. The van der Waals surface area contributed by atoms with Crippen molar-refractivity contribution in [2.75, 3.05) is 6.54 Å². The maximum Gasteiger partial charge on any atom is 0.269 e. The van der Waals surface area contributed by atoms with Gasteiger partial charge in [-0.3, -0.25) is 10.1 Å². The average Bonchev–Trinajstić information content (AvgIpc) is 2.68. The average molecular weight is 421 g/mol. The van der Waals surface area contributed by atoms with Crippen LogP contribution in [0, 0.1) is 16.0 Å². The van der Waals surface area contributed by atoms with Gasteiger partial charge < -0.3 is 5.11 Å². The summed E-state index contributed by atoms with van der Waals surface area (Å²) in [5.41, 5.74) is -0.977. The number of nitrogens with zero attached hydrogens (tertiary/aromatic N) is 2. The van der Waals surface area contributed by atoms with Crippen molar-refractivity contribution in [3.63, 3.8) is 0 Å². The van der Waals surface area contributed by atoms with Gasteiger partial charge >= 0.3 is 0 Å². The monoisotopic (exact) mass is 420 g/mol. The van der Waals surface area contributed by atoms with E-state index in [9.17, 15) is 23.6 Å². The number of sulfonamides is 1. The van der Waals surface area contributed by atoms with E-state index >= 15 is 0 Å². The molecule has 29 heavy (non-hydrogen) atoms. The molecule has 0 aliphatic rings. The molecule has 0 saturated carbocycles. The lowest BCUT2D eigenvalue weighted by molar-refractivity contribution is -0.384. The Morgan fingerprint density at radius 1 is 1.10 bits per heavy atom. The largest absolute Gasteiger partial charge is 0.374 e. The van der Waals surface area contributed by atoms with E-state index < -0.39 is 20.7 Å². The fourth-order valence-electron chi connectivity index (χ4n) is 3.11. The second-order valence-corrected chi connectivity index (χ2v) is 9.37. The number of aliphatic hydroxyl groups is 1. The molecule has 0 spiro atoms. The first-order valence-electron chi connectivity index (χ1n) is 9.63. The van der Waals surface area contributed by atoms with Crippen molar-refractivity contribution in [2.45, 2.75) is 50.7 Å². The maximum atomic E-state index is 13.4. The summed E-state index contributed by atoms with van der Waals surface area (Å²) in [7, 11) is -4.07. The van der Waals surface area contributed by atoms with Crippen molar-refractivity contribution in [1.82, 2.24) is 4.31 Å². The lowest BCUT2D eigenvalue weighted by Crippen LogP contribution is -2.53. The topological polar surface area (TPSA) is 101 Å². The van der Waals surface area contributed by atoms with Crippen LogP contribution in [0.25, 0.3) is 0 Å². The number of hydrogen-bond acceptors (Lipinski definition) is 5. The quantitative estimate of drug-likeness (QED) is 0.356. The van der Waals surface area contributed by atoms with E-state index in [1.807, 2.05) is 44.2 Å². The molecular weight excluding hydrogens is 392 g/mol. The zero-order valence-electron chi connectivity index (χ0n) is 17.0. The second kappa shape index (κ2) is 9.47. The highest BCUT2D eigenvalue weighted by Gasteiger charge is 2.41. The number of non-ortho nitro benzene ring substituents is 1. The van der Waals surface area contributed by atoms with E-state index in [0.29, 0.717) is 6.42 Å². The molecule has 0 bridgehead atoms. The first-order valence-corrected chi connectivity index (χ1v) is 11.1. The van der Waals surface area contributed by atoms with Gasteiger partial charge in [0.25, 0.3) is 5.69 Å². The van der Waals surface area contributed by atoms with Crippen LogP contribution in [0.15, 0.2) is 59.5 Å². The van der Waals surface area contributed by atoms with E-state index in [4.69, 9.17) is 0 Å². The molecule has 0 fully saturated rings. The summed E-state index contributed by atoms with van der Waals surface area (Å²) in [6.45, 7) is 5.86. The van der Waals surface area contributed by atoms with Crippen molar-refractivity contribution in [3.8, 4) is 0 Å². The molecule has 0 aliphatic carbocycles. The lowest BCUT2D eigenvalue weighted by Gasteiger charge is -2.39. The fraction of sp³-hybridized carbons (Fsp3) is 0.429. The molecule has 0 radical (unpaired) electrons. The summed E-state index contributed by atoms with van der Waals surface area (Å²) < 4.78 is 28.0. The van der Waals surface area contributed by atoms with Crippen LogP contribution in [0.3, 0.4) is 0 Å². The fourth-order valence-corrected chi connectivity index (χ4v) is 4.83. The Labute approximate surface area is 172 Å². The summed E-state index contributed by atoms with van der Waals surface area (Å²) in [5.74, 6) is 0.238. The Bertz CT molecular complexity index is 914. The van der Waals surface area contributed by atoms with E-state index in [-0.39, 0.29) is 35.9 Å². The highest BCUT2D eigenvalue weighted by molar-refractivity contribution is 7.89. The Kier molecular flexibility index (Phi) is 7.51. The van der Waals surface area contributed by atoms with Gasteiger partial charge in [-0.25, -0.2) is 8.42 Å². The van der Waals surface area contributed by atoms with Crippen molar-refractivity contribution < 1.29 is 18.4 Å². The standard InChI is InChI=1S/C21H28N2O5S/c1-4-21(24,16-18-8-6-5-7-9-18)22(15-14-17(2)3)29(27,28)20-12-10-19(11-13-20)23(25)26/h5-13,17,24H,4,14-16H2,1-3H3. The van der Waals surface area contributed by atoms with Gasteiger partial charge in [0, 0.05) is 25.1 Å². The molecule has 1 unspecified atom stereocenters. The van der Waals surface area contributed by atoms with E-state index in [2.05, 4.69) is 0 Å². The molecule has 0 aromatic heterocycles. The zero-order valence-corrected chi connectivity index (χ0v) is 17.8. The summed E-state index contributed by atoms with van der Waals surface area (Å²) in [5, 5.41) is 22.3. The predicted molar refractivity (Wildman–Crippen MR) is 112 cm³/mol. The molecule has 0 saturated heterocycles. The van der Waals surface area contributed by atoms with Crippen LogP contribution in [0.1, 0.15) is 39.2 Å². The van der Waals surface area contributed by atoms with Gasteiger partial charge in [0.2, 0.25) is 10.0 Å². The van der Waals surface area contributed by atoms with Gasteiger partial charge in [-0.1, -0.05) is 51.1 Å². The minimum Gasteiger partial charge on any atom is -0.374 e. The van der Waals surface area contributed by atoms with Crippen molar-refractivity contribution in [3.05, 3.63) is 70.3 Å². The Morgan fingerprint density at radius 3 is 2.17 bits per heavy atom. The lowest BCUT2D eigenvalue weighted by atomic mass is 9.99. The number of nitro benzene ring substituents is 1. The van der Waals surface area contributed by atoms with Gasteiger partial charge in [-0.2, -0.15) is 4.31 Å². The number of benzene rings is 2. The Balaban J connectivity index is 2.47. The minimum atomic E-state index is -4.07. The number of rotatable bonds is 10. The highest BCUT2D eigenvalue weighted by Crippen LogP contribution is 2.30. The van der Waals surface area contributed by atoms with Gasteiger partial charge in [0.15, 0.2) is 0 Å². The molecule has 2 aromatic rings. The first kappa shape index (κ1) is 23.0. The molecule has 7 nitrogen and oxygen atoms in total.